The molecule has 2 heterocycles. The first-order valence-electron chi connectivity index (χ1n) is 9.56. The summed E-state index contributed by atoms with van der Waals surface area (Å²) in [5.74, 6) is 0.402. The van der Waals surface area contributed by atoms with E-state index in [-0.39, 0.29) is 23.9 Å². The number of alkyl halides is 1. The number of ether oxygens (including phenoxy) is 2. The van der Waals surface area contributed by atoms with Crippen molar-refractivity contribution in [2.24, 2.45) is 0 Å². The predicted octanol–water partition coefficient (Wildman–Crippen LogP) is 4.03. The number of para-hydroxylation sites is 1. The quantitative estimate of drug-likeness (QED) is 0.410. The number of methoxy groups -OCH3 is 1. The maximum Gasteiger partial charge on any atom is 0.343 e. The lowest BCUT2D eigenvalue weighted by molar-refractivity contribution is -0.115. The van der Waals surface area contributed by atoms with E-state index in [0.717, 1.165) is 10.9 Å². The van der Waals surface area contributed by atoms with Gasteiger partial charge in [-0.1, -0.05) is 35.0 Å². The van der Waals surface area contributed by atoms with Gasteiger partial charge in [-0.05, 0) is 38.0 Å². The minimum absolute atomic E-state index is 0.153. The van der Waals surface area contributed by atoms with E-state index in [1.165, 1.54) is 10.9 Å². The number of halogens is 1. The average Bonchev–Trinajstić information content (AvgIpc) is 3.16. The van der Waals surface area contributed by atoms with Gasteiger partial charge < -0.3 is 14.8 Å². The van der Waals surface area contributed by atoms with Crippen LogP contribution in [-0.2, 0) is 9.53 Å². The molecule has 0 fully saturated rings. The monoisotopic (exact) mass is 474 g/mol. The van der Waals surface area contributed by atoms with Crippen LogP contribution in [0.25, 0.3) is 16.7 Å². The second kappa shape index (κ2) is 9.25. The van der Waals surface area contributed by atoms with E-state index >= 15 is 0 Å². The Hall–Kier alpha value is -2.94. The van der Waals surface area contributed by atoms with Gasteiger partial charge in [-0.3, -0.25) is 4.79 Å². The number of anilines is 1. The normalized spacial score (nSPS) is 11.9. The van der Waals surface area contributed by atoms with Crippen molar-refractivity contribution in [3.63, 3.8) is 0 Å². The molecule has 0 radical (unpaired) electrons. The minimum atomic E-state index is -0.572. The molecule has 1 aromatic carbocycles. The Morgan fingerprint density at radius 1 is 1.30 bits per heavy atom. The Kier molecular flexibility index (Phi) is 6.71. The summed E-state index contributed by atoms with van der Waals surface area (Å²) in [6.07, 6.45) is 1.95. The number of nitrogens with one attached hydrogen (secondary N) is 1. The van der Waals surface area contributed by atoms with Gasteiger partial charge in [0.15, 0.2) is 11.6 Å². The van der Waals surface area contributed by atoms with Crippen LogP contribution in [-0.4, -0.2) is 45.2 Å². The van der Waals surface area contributed by atoms with Gasteiger partial charge in [-0.2, -0.15) is 9.78 Å². The fourth-order valence-corrected chi connectivity index (χ4v) is 3.14. The maximum absolute atomic E-state index is 12.5. The highest BCUT2D eigenvalue weighted by Gasteiger charge is 2.24. The highest BCUT2D eigenvalue weighted by Crippen LogP contribution is 2.29. The SMILES string of the molecule is CCOC(=O)c1cnn(-c2cc(C)c3cccc(OC)c3n2)c1NC(=O)C(Br)CC. The van der Waals surface area contributed by atoms with Gasteiger partial charge in [0.25, 0.3) is 0 Å². The van der Waals surface area contributed by atoms with Crippen molar-refractivity contribution in [2.75, 3.05) is 19.0 Å². The molecule has 0 bridgehead atoms. The molecule has 0 saturated carbocycles. The zero-order valence-corrected chi connectivity index (χ0v) is 18.8. The van der Waals surface area contributed by atoms with E-state index in [9.17, 15) is 9.59 Å². The van der Waals surface area contributed by atoms with Crippen LogP contribution in [0.15, 0.2) is 30.5 Å². The fraction of sp³-hybridized carbons (Fsp3) is 0.333. The first-order chi connectivity index (χ1) is 14.4. The van der Waals surface area contributed by atoms with E-state index in [2.05, 4.69) is 31.3 Å². The van der Waals surface area contributed by atoms with Crippen molar-refractivity contribution in [1.82, 2.24) is 14.8 Å². The lowest BCUT2D eigenvalue weighted by atomic mass is 10.1. The van der Waals surface area contributed by atoms with Gasteiger partial charge in [-0.25, -0.2) is 9.78 Å². The van der Waals surface area contributed by atoms with Gasteiger partial charge in [0.05, 0.1) is 24.7 Å². The van der Waals surface area contributed by atoms with Crippen molar-refractivity contribution >= 4 is 44.5 Å². The number of hydrogen-bond donors (Lipinski definition) is 1. The Morgan fingerprint density at radius 2 is 2.07 bits per heavy atom. The standard InChI is InChI=1S/C21H23BrN4O4/c1-5-15(22)20(27)25-19-14(21(28)30-6-2)11-23-26(19)17-10-12(3)13-8-7-9-16(29-4)18(13)24-17/h7-11,15H,5-6H2,1-4H3,(H,25,27). The highest BCUT2D eigenvalue weighted by atomic mass is 79.9. The maximum atomic E-state index is 12.5. The molecule has 1 atom stereocenters. The van der Waals surface area contributed by atoms with Gasteiger partial charge in [0, 0.05) is 5.39 Å². The Bertz CT molecular complexity index is 1100. The number of amides is 1. The topological polar surface area (TPSA) is 95.3 Å². The summed E-state index contributed by atoms with van der Waals surface area (Å²) in [6.45, 7) is 5.75. The summed E-state index contributed by atoms with van der Waals surface area (Å²) in [4.78, 5) is 29.3. The van der Waals surface area contributed by atoms with E-state index < -0.39 is 10.8 Å². The molecule has 0 spiro atoms. The summed E-state index contributed by atoms with van der Waals surface area (Å²) in [6, 6.07) is 7.52. The lowest BCUT2D eigenvalue weighted by Gasteiger charge is -2.14. The van der Waals surface area contributed by atoms with Crippen LogP contribution < -0.4 is 10.1 Å². The number of pyridine rings is 1. The molecule has 9 heteroatoms. The number of hydrogen-bond acceptors (Lipinski definition) is 6. The molecule has 1 N–H and O–H groups in total. The number of aromatic nitrogens is 3. The summed E-state index contributed by atoms with van der Waals surface area (Å²) in [5, 5.41) is 8.04. The molecule has 8 nitrogen and oxygen atoms in total. The first kappa shape index (κ1) is 21.8. The number of benzene rings is 1. The molecule has 0 aliphatic rings. The second-order valence-corrected chi connectivity index (χ2v) is 7.66. The van der Waals surface area contributed by atoms with Crippen LogP contribution >= 0.6 is 15.9 Å². The number of carbonyl (C=O) groups is 2. The first-order valence-corrected chi connectivity index (χ1v) is 10.5. The molecule has 0 aliphatic heterocycles. The molecule has 3 aromatic rings. The van der Waals surface area contributed by atoms with Gasteiger partial charge in [0.1, 0.15) is 16.8 Å². The largest absolute Gasteiger partial charge is 0.494 e. The molecule has 30 heavy (non-hydrogen) atoms. The molecular formula is C21H23BrN4O4. The van der Waals surface area contributed by atoms with Crippen LogP contribution in [0.4, 0.5) is 5.82 Å². The minimum Gasteiger partial charge on any atom is -0.494 e. The Labute approximate surface area is 182 Å². The number of carbonyl (C=O) groups excluding carboxylic acids is 2. The van der Waals surface area contributed by atoms with E-state index in [1.54, 1.807) is 14.0 Å². The molecule has 2 aromatic heterocycles. The molecular weight excluding hydrogens is 452 g/mol. The second-order valence-electron chi connectivity index (χ2n) is 6.56. The van der Waals surface area contributed by atoms with E-state index in [1.807, 2.05) is 38.1 Å². The summed E-state index contributed by atoms with van der Waals surface area (Å²) in [7, 11) is 1.58. The molecule has 0 aliphatic carbocycles. The van der Waals surface area contributed by atoms with Gasteiger partial charge in [0.2, 0.25) is 5.91 Å². The average molecular weight is 475 g/mol. The molecule has 1 amide bonds. The molecule has 3 rings (SSSR count). The molecule has 1 unspecified atom stereocenters. The van der Waals surface area contributed by atoms with Crippen LogP contribution in [0.2, 0.25) is 0 Å². The fourth-order valence-electron chi connectivity index (χ4n) is 3.03. The summed E-state index contributed by atoms with van der Waals surface area (Å²) in [5.41, 5.74) is 1.76. The van der Waals surface area contributed by atoms with Crippen LogP contribution in [0, 0.1) is 6.92 Å². The van der Waals surface area contributed by atoms with Crippen molar-refractivity contribution in [1.29, 1.82) is 0 Å². The van der Waals surface area contributed by atoms with Crippen molar-refractivity contribution in [3.05, 3.63) is 41.6 Å². The smallest absolute Gasteiger partial charge is 0.343 e. The number of fused-ring (bicyclic) bond motifs is 1. The third-order valence-electron chi connectivity index (χ3n) is 4.58. The van der Waals surface area contributed by atoms with E-state index in [0.29, 0.717) is 23.5 Å². The number of aryl methyl sites for hydroxylation is 1. The van der Waals surface area contributed by atoms with Crippen LogP contribution in [0.5, 0.6) is 5.75 Å². The van der Waals surface area contributed by atoms with Crippen LogP contribution in [0.3, 0.4) is 0 Å². The van der Waals surface area contributed by atoms with Crippen molar-refractivity contribution in [3.8, 4) is 11.6 Å². The Balaban J connectivity index is 2.18. The molecule has 158 valence electrons. The summed E-state index contributed by atoms with van der Waals surface area (Å²) < 4.78 is 12.0. The van der Waals surface area contributed by atoms with Crippen molar-refractivity contribution < 1.29 is 19.1 Å². The predicted molar refractivity (Wildman–Crippen MR) is 118 cm³/mol. The third-order valence-corrected chi connectivity index (χ3v) is 5.65. The van der Waals surface area contributed by atoms with Gasteiger partial charge >= 0.3 is 5.97 Å². The van der Waals surface area contributed by atoms with E-state index in [4.69, 9.17) is 9.47 Å². The summed E-state index contributed by atoms with van der Waals surface area (Å²) >= 11 is 3.33. The number of rotatable bonds is 7. The third kappa shape index (κ3) is 4.16. The lowest BCUT2D eigenvalue weighted by Crippen LogP contribution is -2.25. The zero-order chi connectivity index (χ0) is 21.8. The van der Waals surface area contributed by atoms with Gasteiger partial charge in [-0.15, -0.1) is 0 Å². The highest BCUT2D eigenvalue weighted by molar-refractivity contribution is 9.10. The number of esters is 1. The number of nitrogens with zero attached hydrogens (tertiary/aromatic N) is 3. The zero-order valence-electron chi connectivity index (χ0n) is 17.2. The Morgan fingerprint density at radius 3 is 2.73 bits per heavy atom. The molecule has 0 saturated heterocycles. The van der Waals surface area contributed by atoms with Crippen molar-refractivity contribution in [2.45, 2.75) is 32.0 Å². The van der Waals surface area contributed by atoms with Crippen LogP contribution in [0.1, 0.15) is 36.2 Å².